The Morgan fingerprint density at radius 2 is 2.07 bits per heavy atom. The van der Waals surface area contributed by atoms with Gasteiger partial charge in [0.2, 0.25) is 6.41 Å². The maximum atomic E-state index is 11.6. The Kier molecular flexibility index (Phi) is 3.45. The summed E-state index contributed by atoms with van der Waals surface area (Å²) in [5.41, 5.74) is 0.454. The van der Waals surface area contributed by atoms with E-state index in [0.717, 1.165) is 4.90 Å². The number of benzene rings is 1. The predicted molar refractivity (Wildman–Crippen MR) is 52.4 cm³/mol. The lowest BCUT2D eigenvalue weighted by molar-refractivity contribution is -0.115. The lowest BCUT2D eigenvalue weighted by atomic mass is 10.2. The third kappa shape index (κ3) is 2.20. The van der Waals surface area contributed by atoms with Crippen LogP contribution in [0, 0.1) is 12.3 Å². The van der Waals surface area contributed by atoms with Crippen LogP contribution in [-0.4, -0.2) is 23.8 Å². The number of hydrogen-bond donors (Lipinski definition) is 0. The quantitative estimate of drug-likeness (QED) is 0.521. The molecule has 0 spiro atoms. The Morgan fingerprint density at radius 3 is 2.57 bits per heavy atom. The molecule has 3 nitrogen and oxygen atoms in total. The fourth-order valence-electron chi connectivity index (χ4n) is 1.00. The number of nitrogens with zero attached hydrogens (tertiary/aromatic N) is 1. The van der Waals surface area contributed by atoms with Crippen molar-refractivity contribution < 1.29 is 9.59 Å². The van der Waals surface area contributed by atoms with Crippen molar-refractivity contribution in [2.24, 2.45) is 0 Å². The zero-order valence-electron chi connectivity index (χ0n) is 7.51. The Hall–Kier alpha value is -2.08. The molecule has 1 aromatic carbocycles. The number of hydrogen-bond acceptors (Lipinski definition) is 2. The van der Waals surface area contributed by atoms with Crippen molar-refractivity contribution in [3.05, 3.63) is 35.9 Å². The number of amides is 2. The summed E-state index contributed by atoms with van der Waals surface area (Å²) in [6.45, 7) is -0.00275. The molecule has 0 bridgehead atoms. The highest BCUT2D eigenvalue weighted by atomic mass is 16.2. The summed E-state index contributed by atoms with van der Waals surface area (Å²) in [7, 11) is 0. The van der Waals surface area contributed by atoms with E-state index in [-0.39, 0.29) is 12.5 Å². The molecule has 70 valence electrons. The van der Waals surface area contributed by atoms with Gasteiger partial charge in [-0.1, -0.05) is 24.1 Å². The summed E-state index contributed by atoms with van der Waals surface area (Å²) >= 11 is 0. The summed E-state index contributed by atoms with van der Waals surface area (Å²) in [6, 6.07) is 8.52. The molecule has 0 unspecified atom stereocenters. The van der Waals surface area contributed by atoms with Gasteiger partial charge < -0.3 is 0 Å². The maximum Gasteiger partial charge on any atom is 0.261 e. The van der Waals surface area contributed by atoms with Crippen molar-refractivity contribution >= 4 is 12.3 Å². The first-order chi connectivity index (χ1) is 6.79. The van der Waals surface area contributed by atoms with Crippen LogP contribution in [0.1, 0.15) is 10.4 Å². The molecule has 14 heavy (non-hydrogen) atoms. The third-order valence-corrected chi connectivity index (χ3v) is 1.67. The number of carbonyl (C=O) groups excluding carboxylic acids is 2. The van der Waals surface area contributed by atoms with Crippen LogP contribution in [0.5, 0.6) is 0 Å². The summed E-state index contributed by atoms with van der Waals surface area (Å²) in [4.78, 5) is 23.0. The van der Waals surface area contributed by atoms with Crippen molar-refractivity contribution in [3.63, 3.8) is 0 Å². The average molecular weight is 187 g/mol. The molecular formula is C11H9NO2. The van der Waals surface area contributed by atoms with Crippen LogP contribution in [0.2, 0.25) is 0 Å². The van der Waals surface area contributed by atoms with Crippen LogP contribution < -0.4 is 0 Å². The van der Waals surface area contributed by atoms with Crippen molar-refractivity contribution in [3.8, 4) is 12.3 Å². The monoisotopic (exact) mass is 187 g/mol. The van der Waals surface area contributed by atoms with Crippen LogP contribution in [0.25, 0.3) is 0 Å². The van der Waals surface area contributed by atoms with Crippen LogP contribution in [0.15, 0.2) is 30.3 Å². The highest BCUT2D eigenvalue weighted by molar-refractivity contribution is 5.99. The molecule has 0 fully saturated rings. The summed E-state index contributed by atoms with van der Waals surface area (Å²) in [5, 5.41) is 0. The molecule has 0 saturated carbocycles. The minimum absolute atomic E-state index is 0.00275. The molecule has 1 rings (SSSR count). The average Bonchev–Trinajstić information content (AvgIpc) is 2.26. The maximum absolute atomic E-state index is 11.6. The largest absolute Gasteiger partial charge is 0.278 e. The molecule has 0 radical (unpaired) electrons. The second-order valence-corrected chi connectivity index (χ2v) is 2.61. The minimum atomic E-state index is -0.376. The molecule has 0 aromatic heterocycles. The summed E-state index contributed by atoms with van der Waals surface area (Å²) in [6.07, 6.45) is 5.46. The van der Waals surface area contributed by atoms with E-state index in [0.29, 0.717) is 12.0 Å². The van der Waals surface area contributed by atoms with Gasteiger partial charge in [0.15, 0.2) is 0 Å². The SMILES string of the molecule is C#CCN(C=O)C(=O)c1ccccc1. The van der Waals surface area contributed by atoms with Crippen molar-refractivity contribution in [2.45, 2.75) is 0 Å². The second-order valence-electron chi connectivity index (χ2n) is 2.61. The smallest absolute Gasteiger partial charge is 0.261 e. The van der Waals surface area contributed by atoms with Gasteiger partial charge in [0.05, 0.1) is 6.54 Å². The fraction of sp³-hybridized carbons (Fsp3) is 0.0909. The first-order valence-electron chi connectivity index (χ1n) is 4.04. The zero-order chi connectivity index (χ0) is 10.4. The van der Waals surface area contributed by atoms with Gasteiger partial charge >= 0.3 is 0 Å². The molecule has 0 aliphatic heterocycles. The summed E-state index contributed by atoms with van der Waals surface area (Å²) in [5.74, 6) is 1.87. The molecule has 3 heteroatoms. The van der Waals surface area contributed by atoms with E-state index in [4.69, 9.17) is 6.42 Å². The van der Waals surface area contributed by atoms with E-state index >= 15 is 0 Å². The Morgan fingerprint density at radius 1 is 1.43 bits per heavy atom. The fourth-order valence-corrected chi connectivity index (χ4v) is 1.00. The highest BCUT2D eigenvalue weighted by Gasteiger charge is 2.12. The van der Waals surface area contributed by atoms with Crippen LogP contribution in [-0.2, 0) is 4.79 Å². The molecule has 0 atom stereocenters. The predicted octanol–water partition coefficient (Wildman–Crippen LogP) is 0.918. The van der Waals surface area contributed by atoms with E-state index in [1.54, 1.807) is 30.3 Å². The van der Waals surface area contributed by atoms with E-state index in [9.17, 15) is 9.59 Å². The normalized spacial score (nSPS) is 8.79. The molecule has 0 N–H and O–H groups in total. The highest BCUT2D eigenvalue weighted by Crippen LogP contribution is 2.02. The van der Waals surface area contributed by atoms with Gasteiger partial charge in [-0.25, -0.2) is 0 Å². The molecule has 0 aliphatic rings. The van der Waals surface area contributed by atoms with Crippen LogP contribution in [0.3, 0.4) is 0 Å². The van der Waals surface area contributed by atoms with E-state index < -0.39 is 0 Å². The zero-order valence-corrected chi connectivity index (χ0v) is 7.51. The van der Waals surface area contributed by atoms with Crippen LogP contribution in [0.4, 0.5) is 0 Å². The summed E-state index contributed by atoms with van der Waals surface area (Å²) < 4.78 is 0. The molecule has 0 heterocycles. The molecule has 0 aliphatic carbocycles. The number of terminal acetylenes is 1. The van der Waals surface area contributed by atoms with Gasteiger partial charge in [-0.15, -0.1) is 6.42 Å². The van der Waals surface area contributed by atoms with Crippen molar-refractivity contribution in [1.29, 1.82) is 0 Å². The van der Waals surface area contributed by atoms with Gasteiger partial charge in [0, 0.05) is 5.56 Å². The molecule has 2 amide bonds. The van der Waals surface area contributed by atoms with E-state index in [2.05, 4.69) is 5.92 Å². The van der Waals surface area contributed by atoms with Gasteiger partial charge in [0.1, 0.15) is 0 Å². The van der Waals surface area contributed by atoms with Crippen molar-refractivity contribution in [2.75, 3.05) is 6.54 Å². The topological polar surface area (TPSA) is 37.4 Å². The number of rotatable bonds is 3. The Bertz CT molecular complexity index is 365. The van der Waals surface area contributed by atoms with Gasteiger partial charge in [-0.2, -0.15) is 0 Å². The minimum Gasteiger partial charge on any atom is -0.278 e. The molecular weight excluding hydrogens is 178 g/mol. The van der Waals surface area contributed by atoms with Crippen molar-refractivity contribution in [1.82, 2.24) is 4.90 Å². The third-order valence-electron chi connectivity index (χ3n) is 1.67. The second kappa shape index (κ2) is 4.83. The number of imide groups is 1. The molecule has 0 saturated heterocycles. The lowest BCUT2D eigenvalue weighted by Crippen LogP contribution is -2.29. The van der Waals surface area contributed by atoms with E-state index in [1.165, 1.54) is 0 Å². The van der Waals surface area contributed by atoms with Gasteiger partial charge in [0.25, 0.3) is 5.91 Å². The number of carbonyl (C=O) groups is 2. The lowest BCUT2D eigenvalue weighted by Gasteiger charge is -2.11. The van der Waals surface area contributed by atoms with Gasteiger partial charge in [-0.3, -0.25) is 14.5 Å². The Balaban J connectivity index is 2.84. The Labute approximate surface area is 82.3 Å². The van der Waals surface area contributed by atoms with Gasteiger partial charge in [-0.05, 0) is 12.1 Å². The molecule has 1 aromatic rings. The first-order valence-corrected chi connectivity index (χ1v) is 4.04. The first kappa shape index (κ1) is 10.0. The standard InChI is InChI=1S/C11H9NO2/c1-2-8-12(9-13)11(14)10-6-4-3-5-7-10/h1,3-7,9H,8H2. The van der Waals surface area contributed by atoms with E-state index in [1.807, 2.05) is 0 Å². The van der Waals surface area contributed by atoms with Crippen LogP contribution >= 0.6 is 0 Å².